The maximum atomic E-state index is 12.6. The normalized spacial score (nSPS) is 14.1. The minimum Gasteiger partial charge on any atom is -0.453 e. The lowest BCUT2D eigenvalue weighted by molar-refractivity contribution is 0.187. The van der Waals surface area contributed by atoms with E-state index >= 15 is 0 Å². The SMILES string of the molecule is COC(=O)Nc1ccc(-n2ccnc2[C@H](Cc2ccccc2)NC(=O)NS(=O)(=O)C2CC2)cc1. The molecule has 1 aliphatic carbocycles. The van der Waals surface area contributed by atoms with Crippen molar-refractivity contribution in [2.75, 3.05) is 12.4 Å². The molecule has 0 spiro atoms. The largest absolute Gasteiger partial charge is 0.453 e. The summed E-state index contributed by atoms with van der Waals surface area (Å²) in [7, 11) is -2.40. The number of hydrogen-bond donors (Lipinski definition) is 3. The van der Waals surface area contributed by atoms with Gasteiger partial charge in [0.2, 0.25) is 10.0 Å². The van der Waals surface area contributed by atoms with Crippen LogP contribution in [0, 0.1) is 0 Å². The van der Waals surface area contributed by atoms with E-state index in [-0.39, 0.29) is 0 Å². The number of nitrogens with zero attached hydrogens (tertiary/aromatic N) is 2. The van der Waals surface area contributed by atoms with Gasteiger partial charge in [0, 0.05) is 23.8 Å². The van der Waals surface area contributed by atoms with Crippen LogP contribution in [0.25, 0.3) is 5.69 Å². The molecular formula is C23H25N5O5S. The predicted molar refractivity (Wildman–Crippen MR) is 126 cm³/mol. The van der Waals surface area contributed by atoms with E-state index in [2.05, 4.69) is 25.1 Å². The number of sulfonamides is 1. The number of hydrogen-bond acceptors (Lipinski definition) is 6. The van der Waals surface area contributed by atoms with Crippen molar-refractivity contribution in [1.29, 1.82) is 0 Å². The first-order valence-corrected chi connectivity index (χ1v) is 12.2. The standard InChI is InChI=1S/C23H25N5O5S/c1-33-23(30)25-17-7-9-18(10-8-17)28-14-13-24-21(28)20(15-16-5-3-2-4-6-16)26-22(29)27-34(31,32)19-11-12-19/h2-10,13-14,19-20H,11-12,15H2,1H3,(H,25,30)(H2,26,27,29)/t20-/m0/s1. The molecule has 3 amide bonds. The summed E-state index contributed by atoms with van der Waals surface area (Å²) in [5.74, 6) is 0.525. The van der Waals surface area contributed by atoms with Gasteiger partial charge < -0.3 is 14.6 Å². The molecule has 0 bridgehead atoms. The summed E-state index contributed by atoms with van der Waals surface area (Å²) < 4.78 is 32.9. The number of urea groups is 1. The fraction of sp³-hybridized carbons (Fsp3) is 0.261. The highest BCUT2D eigenvalue weighted by molar-refractivity contribution is 7.90. The molecule has 34 heavy (non-hydrogen) atoms. The molecule has 1 saturated carbocycles. The highest BCUT2D eigenvalue weighted by Gasteiger charge is 2.37. The number of benzene rings is 2. The first-order chi connectivity index (χ1) is 16.4. The van der Waals surface area contributed by atoms with Gasteiger partial charge in [0.25, 0.3) is 0 Å². The highest BCUT2D eigenvalue weighted by Crippen LogP contribution is 2.27. The van der Waals surface area contributed by atoms with Crippen LogP contribution in [0.5, 0.6) is 0 Å². The molecule has 178 valence electrons. The fourth-order valence-corrected chi connectivity index (χ4v) is 4.74. The average molecular weight is 484 g/mol. The van der Waals surface area contributed by atoms with Crippen molar-refractivity contribution in [2.45, 2.75) is 30.6 Å². The molecule has 1 heterocycles. The van der Waals surface area contributed by atoms with Gasteiger partial charge in [-0.25, -0.2) is 27.7 Å². The summed E-state index contributed by atoms with van der Waals surface area (Å²) in [4.78, 5) is 28.5. The van der Waals surface area contributed by atoms with Crippen LogP contribution < -0.4 is 15.4 Å². The summed E-state index contributed by atoms with van der Waals surface area (Å²) in [5.41, 5.74) is 2.25. The molecule has 0 radical (unpaired) electrons. The van der Waals surface area contributed by atoms with Gasteiger partial charge in [-0.05, 0) is 49.1 Å². The van der Waals surface area contributed by atoms with Crippen molar-refractivity contribution in [3.8, 4) is 5.69 Å². The Bertz CT molecular complexity index is 1250. The molecule has 3 aromatic rings. The molecule has 3 N–H and O–H groups in total. The highest BCUT2D eigenvalue weighted by atomic mass is 32.2. The molecule has 0 unspecified atom stereocenters. The van der Waals surface area contributed by atoms with Gasteiger partial charge in [0.15, 0.2) is 0 Å². The van der Waals surface area contributed by atoms with Crippen molar-refractivity contribution >= 4 is 27.8 Å². The molecule has 10 nitrogen and oxygen atoms in total. The Balaban J connectivity index is 1.58. The number of nitrogens with one attached hydrogen (secondary N) is 3. The number of amides is 3. The third-order valence-electron chi connectivity index (χ3n) is 5.34. The smallest absolute Gasteiger partial charge is 0.411 e. The lowest BCUT2D eigenvalue weighted by Gasteiger charge is -2.20. The van der Waals surface area contributed by atoms with Gasteiger partial charge in [-0.15, -0.1) is 0 Å². The van der Waals surface area contributed by atoms with Crippen LogP contribution in [0.4, 0.5) is 15.3 Å². The molecule has 0 aliphatic heterocycles. The van der Waals surface area contributed by atoms with E-state index in [1.165, 1.54) is 7.11 Å². The van der Waals surface area contributed by atoms with Crippen molar-refractivity contribution in [3.05, 3.63) is 78.4 Å². The zero-order valence-electron chi connectivity index (χ0n) is 18.5. The minimum atomic E-state index is -3.69. The van der Waals surface area contributed by atoms with Crippen LogP contribution >= 0.6 is 0 Å². The van der Waals surface area contributed by atoms with Gasteiger partial charge in [-0.1, -0.05) is 30.3 Å². The van der Waals surface area contributed by atoms with Crippen molar-refractivity contribution in [2.24, 2.45) is 0 Å². The van der Waals surface area contributed by atoms with Crippen LogP contribution in [0.2, 0.25) is 0 Å². The number of imidazole rings is 1. The van der Waals surface area contributed by atoms with E-state index < -0.39 is 33.4 Å². The molecule has 0 saturated heterocycles. The lowest BCUT2D eigenvalue weighted by Crippen LogP contribution is -2.43. The lowest BCUT2D eigenvalue weighted by atomic mass is 10.1. The molecule has 2 aromatic carbocycles. The molecular weight excluding hydrogens is 458 g/mol. The molecule has 4 rings (SSSR count). The van der Waals surface area contributed by atoms with Gasteiger partial charge in [0.05, 0.1) is 18.4 Å². The number of carbonyl (C=O) groups excluding carboxylic acids is 2. The fourth-order valence-electron chi connectivity index (χ4n) is 3.50. The Kier molecular flexibility index (Phi) is 6.82. The first kappa shape index (κ1) is 23.3. The van der Waals surface area contributed by atoms with Gasteiger partial charge in [-0.2, -0.15) is 0 Å². The van der Waals surface area contributed by atoms with E-state index in [1.807, 2.05) is 30.3 Å². The van der Waals surface area contributed by atoms with Crippen molar-refractivity contribution in [3.63, 3.8) is 0 Å². The second kappa shape index (κ2) is 9.96. The minimum absolute atomic E-state index is 0.400. The summed E-state index contributed by atoms with van der Waals surface area (Å²) >= 11 is 0. The summed E-state index contributed by atoms with van der Waals surface area (Å²) in [6.45, 7) is 0. The molecule has 1 aliphatic rings. The van der Waals surface area contributed by atoms with Crippen molar-refractivity contribution < 1.29 is 22.7 Å². The second-order valence-electron chi connectivity index (χ2n) is 7.88. The summed E-state index contributed by atoms with van der Waals surface area (Å²) in [6.07, 6.45) is 4.29. The van der Waals surface area contributed by atoms with Crippen LogP contribution in [-0.4, -0.2) is 42.5 Å². The van der Waals surface area contributed by atoms with E-state index in [0.717, 1.165) is 11.3 Å². The Morgan fingerprint density at radius 2 is 1.82 bits per heavy atom. The summed E-state index contributed by atoms with van der Waals surface area (Å²) in [6, 6.07) is 15.1. The van der Waals surface area contributed by atoms with E-state index in [9.17, 15) is 18.0 Å². The predicted octanol–water partition coefficient (Wildman–Crippen LogP) is 3.13. The zero-order chi connectivity index (χ0) is 24.1. The Morgan fingerprint density at radius 3 is 2.47 bits per heavy atom. The number of aromatic nitrogens is 2. The number of ether oxygens (including phenoxy) is 1. The molecule has 1 atom stereocenters. The monoisotopic (exact) mass is 483 g/mol. The maximum absolute atomic E-state index is 12.6. The number of carbonyl (C=O) groups is 2. The third kappa shape index (κ3) is 5.73. The third-order valence-corrected chi connectivity index (χ3v) is 7.16. The average Bonchev–Trinajstić information content (AvgIpc) is 3.58. The van der Waals surface area contributed by atoms with Gasteiger partial charge in [0.1, 0.15) is 5.82 Å². The molecule has 11 heteroatoms. The Morgan fingerprint density at radius 1 is 1.12 bits per heavy atom. The number of methoxy groups -OCH3 is 1. The first-order valence-electron chi connectivity index (χ1n) is 10.7. The maximum Gasteiger partial charge on any atom is 0.411 e. The van der Waals surface area contributed by atoms with Crippen LogP contribution in [0.3, 0.4) is 0 Å². The molecule has 1 aromatic heterocycles. The van der Waals surface area contributed by atoms with Crippen molar-refractivity contribution in [1.82, 2.24) is 19.6 Å². The van der Waals surface area contributed by atoms with Crippen LogP contribution in [-0.2, 0) is 21.2 Å². The van der Waals surface area contributed by atoms with Crippen LogP contribution in [0.1, 0.15) is 30.3 Å². The summed E-state index contributed by atoms with van der Waals surface area (Å²) in [5, 5.41) is 4.85. The quantitative estimate of drug-likeness (QED) is 0.451. The zero-order valence-corrected chi connectivity index (χ0v) is 19.3. The van der Waals surface area contributed by atoms with Gasteiger partial charge in [-0.3, -0.25) is 5.32 Å². The number of anilines is 1. The van der Waals surface area contributed by atoms with E-state index in [1.54, 1.807) is 41.2 Å². The Labute approximate surface area is 197 Å². The Hall–Kier alpha value is -3.86. The topological polar surface area (TPSA) is 131 Å². The second-order valence-corrected chi connectivity index (χ2v) is 9.84. The van der Waals surface area contributed by atoms with E-state index in [4.69, 9.17) is 0 Å². The number of rotatable bonds is 8. The van der Waals surface area contributed by atoms with Gasteiger partial charge >= 0.3 is 12.1 Å². The van der Waals surface area contributed by atoms with E-state index in [0.29, 0.717) is 30.8 Å². The van der Waals surface area contributed by atoms with Crippen LogP contribution in [0.15, 0.2) is 67.0 Å². The molecule has 1 fully saturated rings.